The number of hydrogen-bond donors (Lipinski definition) is 1. The van der Waals surface area contributed by atoms with E-state index >= 15 is 0 Å². The Hall–Kier alpha value is -4.49. The van der Waals surface area contributed by atoms with Crippen LogP contribution in [-0.4, -0.2) is 35.0 Å². The van der Waals surface area contributed by atoms with Crippen molar-refractivity contribution in [3.05, 3.63) is 107 Å². The quantitative estimate of drug-likeness (QED) is 0.385. The summed E-state index contributed by atoms with van der Waals surface area (Å²) >= 11 is 6.01. The molecule has 0 bridgehead atoms. The van der Waals surface area contributed by atoms with Gasteiger partial charge in [0.05, 0.1) is 29.8 Å². The van der Waals surface area contributed by atoms with Crippen molar-refractivity contribution in [1.82, 2.24) is 5.01 Å². The number of amides is 3. The summed E-state index contributed by atoms with van der Waals surface area (Å²) in [6, 6.07) is 26.1. The highest BCUT2D eigenvalue weighted by molar-refractivity contribution is 6.30. The van der Waals surface area contributed by atoms with Gasteiger partial charge in [-0.2, -0.15) is 5.10 Å². The van der Waals surface area contributed by atoms with Crippen LogP contribution in [0, 0.1) is 11.8 Å². The number of hydrazone groups is 1. The predicted octanol–water partition coefficient (Wildman–Crippen LogP) is 5.01. The number of nitrogens with one attached hydrogen (secondary N) is 1. The molecule has 1 unspecified atom stereocenters. The fourth-order valence-corrected chi connectivity index (χ4v) is 6.18. The molecule has 1 N–H and O–H groups in total. The van der Waals surface area contributed by atoms with Crippen LogP contribution in [0.25, 0.3) is 10.8 Å². The van der Waals surface area contributed by atoms with E-state index in [1.807, 2.05) is 60.7 Å². The molecule has 4 atom stereocenters. The highest BCUT2D eigenvalue weighted by Crippen LogP contribution is 2.53. The molecule has 0 saturated carbocycles. The fraction of sp³-hybridized carbons (Fsp3) is 0.133. The molecule has 8 heteroatoms. The molecule has 3 heterocycles. The summed E-state index contributed by atoms with van der Waals surface area (Å²) in [6.45, 7) is 0. The summed E-state index contributed by atoms with van der Waals surface area (Å²) in [4.78, 5) is 43.3. The maximum Gasteiger partial charge on any atom is 0.249 e. The van der Waals surface area contributed by atoms with Crippen molar-refractivity contribution in [3.63, 3.8) is 0 Å². The van der Waals surface area contributed by atoms with Crippen molar-refractivity contribution in [2.75, 3.05) is 10.2 Å². The summed E-state index contributed by atoms with van der Waals surface area (Å²) in [6.07, 6.45) is 1.69. The minimum atomic E-state index is -0.971. The lowest BCUT2D eigenvalue weighted by atomic mass is 9.85. The van der Waals surface area contributed by atoms with Gasteiger partial charge in [0.15, 0.2) is 0 Å². The minimum Gasteiger partial charge on any atom is -0.324 e. The second-order valence-electron chi connectivity index (χ2n) is 9.70. The van der Waals surface area contributed by atoms with Gasteiger partial charge in [0.2, 0.25) is 17.7 Å². The first-order valence-corrected chi connectivity index (χ1v) is 12.7. The normalized spacial score (nSPS) is 23.4. The van der Waals surface area contributed by atoms with Crippen molar-refractivity contribution >= 4 is 57.7 Å². The molecule has 0 radical (unpaired) electrons. The zero-order valence-electron chi connectivity index (χ0n) is 20.0. The number of rotatable bonds is 3. The zero-order valence-corrected chi connectivity index (χ0v) is 20.7. The Morgan fingerprint density at radius 1 is 0.816 bits per heavy atom. The van der Waals surface area contributed by atoms with Crippen LogP contribution in [0.15, 0.2) is 96.1 Å². The highest BCUT2D eigenvalue weighted by atomic mass is 35.5. The van der Waals surface area contributed by atoms with Crippen LogP contribution in [0.3, 0.4) is 0 Å². The van der Waals surface area contributed by atoms with Gasteiger partial charge in [0, 0.05) is 16.1 Å². The lowest BCUT2D eigenvalue weighted by molar-refractivity contribution is -0.129. The number of benzene rings is 4. The molecule has 186 valence electrons. The van der Waals surface area contributed by atoms with Crippen LogP contribution in [0.4, 0.5) is 11.4 Å². The van der Waals surface area contributed by atoms with E-state index < -0.39 is 35.7 Å². The lowest BCUT2D eigenvalue weighted by Gasteiger charge is -2.33. The number of hydrogen-bond acceptors (Lipinski definition) is 5. The summed E-state index contributed by atoms with van der Waals surface area (Å²) in [5, 5.41) is 11.4. The summed E-state index contributed by atoms with van der Waals surface area (Å²) < 4.78 is 0. The minimum absolute atomic E-state index is 0.319. The van der Waals surface area contributed by atoms with Crippen LogP contribution >= 0.6 is 11.6 Å². The van der Waals surface area contributed by atoms with E-state index in [1.54, 1.807) is 41.6 Å². The molecule has 38 heavy (non-hydrogen) atoms. The maximum atomic E-state index is 14.2. The molecule has 3 amide bonds. The number of carbonyl (C=O) groups excluding carboxylic acids is 3. The van der Waals surface area contributed by atoms with E-state index in [2.05, 4.69) is 10.4 Å². The standard InChI is InChI=1S/C30H21ClN4O3/c31-19-12-14-20(15-13-19)33-28(36)27-25-24(26-22-10-4-2-7-18(22)16-32-35(26)27)29(37)34(30(25)38)23-11-5-8-17-6-1-3-9-21(17)23/h1-16,24-27H,(H,33,36)/t24-,25+,26?,27-/m1/s1. The third kappa shape index (κ3) is 3.28. The molecule has 7 rings (SSSR count). The van der Waals surface area contributed by atoms with Crippen LogP contribution in [0.1, 0.15) is 17.2 Å². The van der Waals surface area contributed by atoms with Gasteiger partial charge < -0.3 is 5.32 Å². The summed E-state index contributed by atoms with van der Waals surface area (Å²) in [5.74, 6) is -2.78. The first kappa shape index (κ1) is 22.7. The van der Waals surface area contributed by atoms with Gasteiger partial charge >= 0.3 is 0 Å². The van der Waals surface area contributed by atoms with Gasteiger partial charge in [-0.05, 0) is 46.8 Å². The van der Waals surface area contributed by atoms with E-state index in [0.29, 0.717) is 16.4 Å². The Morgan fingerprint density at radius 3 is 2.37 bits per heavy atom. The third-order valence-corrected chi connectivity index (χ3v) is 7.93. The number of carbonyl (C=O) groups is 3. The summed E-state index contributed by atoms with van der Waals surface area (Å²) in [5.41, 5.74) is 2.82. The van der Waals surface area contributed by atoms with Crippen molar-refractivity contribution < 1.29 is 14.4 Å². The monoisotopic (exact) mass is 520 g/mol. The predicted molar refractivity (Wildman–Crippen MR) is 146 cm³/mol. The Balaban J connectivity index is 1.35. The number of imide groups is 1. The van der Waals surface area contributed by atoms with Gasteiger partial charge in [0.25, 0.3) is 0 Å². The van der Waals surface area contributed by atoms with Crippen LogP contribution in [0.2, 0.25) is 5.02 Å². The first-order chi connectivity index (χ1) is 18.5. The van der Waals surface area contributed by atoms with E-state index in [-0.39, 0.29) is 5.91 Å². The van der Waals surface area contributed by atoms with Crippen LogP contribution < -0.4 is 10.2 Å². The van der Waals surface area contributed by atoms with Crippen molar-refractivity contribution in [2.45, 2.75) is 12.1 Å². The molecular weight excluding hydrogens is 500 g/mol. The topological polar surface area (TPSA) is 82.1 Å². The Bertz CT molecular complexity index is 1660. The van der Waals surface area contributed by atoms with Crippen molar-refractivity contribution in [1.29, 1.82) is 0 Å². The van der Waals surface area contributed by atoms with Gasteiger partial charge in [0.1, 0.15) is 6.04 Å². The molecule has 2 saturated heterocycles. The number of fused-ring (bicyclic) bond motifs is 6. The van der Waals surface area contributed by atoms with E-state index in [1.165, 1.54) is 4.90 Å². The molecular formula is C30H21ClN4O3. The molecule has 0 aromatic heterocycles. The molecule has 3 aliphatic heterocycles. The molecule has 0 spiro atoms. The molecule has 3 aliphatic rings. The Kier molecular flexibility index (Phi) is 5.09. The highest BCUT2D eigenvalue weighted by Gasteiger charge is 2.65. The van der Waals surface area contributed by atoms with Gasteiger partial charge in [-0.15, -0.1) is 0 Å². The average Bonchev–Trinajstić information content (AvgIpc) is 3.42. The Labute approximate surface area is 223 Å². The molecule has 4 aromatic rings. The maximum absolute atomic E-state index is 14.2. The van der Waals surface area contributed by atoms with Crippen LogP contribution in [0.5, 0.6) is 0 Å². The van der Waals surface area contributed by atoms with E-state index in [9.17, 15) is 14.4 Å². The first-order valence-electron chi connectivity index (χ1n) is 12.4. The second-order valence-corrected chi connectivity index (χ2v) is 10.1. The molecule has 0 aliphatic carbocycles. The molecule has 7 nitrogen and oxygen atoms in total. The number of anilines is 2. The zero-order chi connectivity index (χ0) is 26.0. The largest absolute Gasteiger partial charge is 0.324 e. The number of halogens is 1. The number of nitrogens with zero attached hydrogens (tertiary/aromatic N) is 3. The van der Waals surface area contributed by atoms with E-state index in [4.69, 9.17) is 11.6 Å². The summed E-state index contributed by atoms with van der Waals surface area (Å²) in [7, 11) is 0. The average molecular weight is 521 g/mol. The van der Waals surface area contributed by atoms with Crippen molar-refractivity contribution in [3.8, 4) is 0 Å². The van der Waals surface area contributed by atoms with Crippen LogP contribution in [-0.2, 0) is 14.4 Å². The molecule has 4 aromatic carbocycles. The third-order valence-electron chi connectivity index (χ3n) is 7.68. The van der Waals surface area contributed by atoms with Gasteiger partial charge in [-0.25, -0.2) is 4.90 Å². The lowest BCUT2D eigenvalue weighted by Crippen LogP contribution is -2.46. The SMILES string of the molecule is O=C(Nc1ccc(Cl)cc1)[C@H]1[C@H]2C(=O)N(c3cccc4ccccc34)C(=O)[C@H]2C2c3ccccc3C=NN21. The van der Waals surface area contributed by atoms with Gasteiger partial charge in [-0.1, -0.05) is 72.3 Å². The second kappa shape index (κ2) is 8.53. The molecule has 2 fully saturated rings. The smallest absolute Gasteiger partial charge is 0.249 e. The fourth-order valence-electron chi connectivity index (χ4n) is 6.06. The van der Waals surface area contributed by atoms with Crippen molar-refractivity contribution in [2.24, 2.45) is 16.9 Å². The van der Waals surface area contributed by atoms with E-state index in [0.717, 1.165) is 21.9 Å². The Morgan fingerprint density at radius 2 is 1.53 bits per heavy atom. The van der Waals surface area contributed by atoms with Gasteiger partial charge in [-0.3, -0.25) is 19.4 Å².